The Bertz CT molecular complexity index is 1120. The lowest BCUT2D eigenvalue weighted by molar-refractivity contribution is 0.340. The van der Waals surface area contributed by atoms with Crippen molar-refractivity contribution in [3.63, 3.8) is 0 Å². The van der Waals surface area contributed by atoms with Crippen LogP contribution in [0, 0.1) is 0 Å². The van der Waals surface area contributed by atoms with Gasteiger partial charge in [0.15, 0.2) is 0 Å². The van der Waals surface area contributed by atoms with Crippen molar-refractivity contribution < 1.29 is 9.84 Å². The number of aromatic hydroxyl groups is 1. The number of pyridine rings is 2. The van der Waals surface area contributed by atoms with Gasteiger partial charge in [-0.15, -0.1) is 0 Å². The summed E-state index contributed by atoms with van der Waals surface area (Å²) in [5, 5.41) is 15.6. The van der Waals surface area contributed by atoms with Gasteiger partial charge in [0.1, 0.15) is 22.8 Å². The van der Waals surface area contributed by atoms with Gasteiger partial charge in [-0.1, -0.05) is 29.8 Å². The molecule has 0 bridgehead atoms. The molecule has 2 N–H and O–H groups in total. The molecule has 2 aromatic carbocycles. The number of phenolic OH excluding ortho intramolecular Hbond substituents is 1. The molecule has 0 aliphatic rings. The summed E-state index contributed by atoms with van der Waals surface area (Å²) in [5.74, 6) is 1.56. The molecule has 0 fully saturated rings. The zero-order valence-corrected chi connectivity index (χ0v) is 16.6. The normalized spacial score (nSPS) is 11.9. The van der Waals surface area contributed by atoms with Crippen molar-refractivity contribution in [3.8, 4) is 11.5 Å². The van der Waals surface area contributed by atoms with Crippen LogP contribution in [0.5, 0.6) is 11.5 Å². The number of fused-ring (bicyclic) bond motifs is 1. The summed E-state index contributed by atoms with van der Waals surface area (Å²) in [6, 6.07) is 18.4. The summed E-state index contributed by atoms with van der Waals surface area (Å²) < 4.78 is 5.55. The minimum Gasteiger partial charge on any atom is -0.505 e. The third kappa shape index (κ3) is 3.96. The summed E-state index contributed by atoms with van der Waals surface area (Å²) in [5.41, 5.74) is 2.02. The maximum absolute atomic E-state index is 11.0. The molecular weight excluding hydrogens is 386 g/mol. The summed E-state index contributed by atoms with van der Waals surface area (Å²) in [4.78, 5) is 8.69. The van der Waals surface area contributed by atoms with Gasteiger partial charge in [-0.2, -0.15) is 0 Å². The van der Waals surface area contributed by atoms with E-state index in [4.69, 9.17) is 16.3 Å². The zero-order valence-electron chi connectivity index (χ0n) is 15.8. The second-order valence-corrected chi connectivity index (χ2v) is 6.90. The van der Waals surface area contributed by atoms with Crippen LogP contribution in [0.1, 0.15) is 24.1 Å². The van der Waals surface area contributed by atoms with Gasteiger partial charge >= 0.3 is 0 Å². The molecule has 0 amide bonds. The van der Waals surface area contributed by atoms with E-state index in [0.717, 1.165) is 11.3 Å². The number of halogens is 1. The molecule has 0 radical (unpaired) electrons. The van der Waals surface area contributed by atoms with E-state index in [-0.39, 0.29) is 11.8 Å². The van der Waals surface area contributed by atoms with Crippen LogP contribution in [-0.4, -0.2) is 21.7 Å². The Labute approximate surface area is 174 Å². The number of anilines is 1. The maximum Gasteiger partial charge on any atom is 0.147 e. The molecule has 29 heavy (non-hydrogen) atoms. The average Bonchev–Trinajstić information content (AvgIpc) is 2.76. The predicted octanol–water partition coefficient (Wildman–Crippen LogP) is 5.59. The van der Waals surface area contributed by atoms with Crippen LogP contribution >= 0.6 is 11.6 Å². The Morgan fingerprint density at radius 1 is 1.03 bits per heavy atom. The zero-order chi connectivity index (χ0) is 20.2. The number of hydrogen-bond donors (Lipinski definition) is 2. The fraction of sp³-hybridized carbons (Fsp3) is 0.130. The van der Waals surface area contributed by atoms with Gasteiger partial charge in [0.25, 0.3) is 0 Å². The molecule has 6 heteroatoms. The molecule has 0 spiro atoms. The number of aromatic nitrogens is 2. The van der Waals surface area contributed by atoms with E-state index in [9.17, 15) is 5.11 Å². The lowest BCUT2D eigenvalue weighted by atomic mass is 9.96. The number of hydrogen-bond acceptors (Lipinski definition) is 5. The Kier molecular flexibility index (Phi) is 5.49. The summed E-state index contributed by atoms with van der Waals surface area (Å²) in [7, 11) is 0. The van der Waals surface area contributed by atoms with Crippen molar-refractivity contribution in [2.45, 2.75) is 13.0 Å². The molecule has 1 atom stereocenters. The largest absolute Gasteiger partial charge is 0.505 e. The first kappa shape index (κ1) is 19.0. The molecule has 4 aromatic rings. The summed E-state index contributed by atoms with van der Waals surface area (Å²) in [6.07, 6.45) is 3.35. The van der Waals surface area contributed by atoms with Gasteiger partial charge < -0.3 is 15.2 Å². The first-order valence-electron chi connectivity index (χ1n) is 9.33. The van der Waals surface area contributed by atoms with Crippen molar-refractivity contribution in [1.29, 1.82) is 0 Å². The van der Waals surface area contributed by atoms with E-state index in [0.29, 0.717) is 33.9 Å². The smallest absolute Gasteiger partial charge is 0.147 e. The molecule has 0 aliphatic carbocycles. The van der Waals surface area contributed by atoms with Crippen LogP contribution in [0.2, 0.25) is 5.02 Å². The molecule has 2 heterocycles. The fourth-order valence-electron chi connectivity index (χ4n) is 3.29. The van der Waals surface area contributed by atoms with E-state index in [2.05, 4.69) is 15.3 Å². The van der Waals surface area contributed by atoms with Gasteiger partial charge in [0.05, 0.1) is 17.7 Å². The van der Waals surface area contributed by atoms with E-state index in [1.165, 1.54) is 0 Å². The topological polar surface area (TPSA) is 67.3 Å². The maximum atomic E-state index is 11.0. The van der Waals surface area contributed by atoms with E-state index < -0.39 is 0 Å². The average molecular weight is 406 g/mol. The van der Waals surface area contributed by atoms with E-state index in [1.54, 1.807) is 24.5 Å². The third-order valence-corrected chi connectivity index (χ3v) is 4.95. The van der Waals surface area contributed by atoms with Crippen molar-refractivity contribution >= 4 is 28.3 Å². The van der Waals surface area contributed by atoms with Crippen molar-refractivity contribution in [2.24, 2.45) is 0 Å². The predicted molar refractivity (Wildman–Crippen MR) is 116 cm³/mol. The molecule has 0 aliphatic heterocycles. The van der Waals surface area contributed by atoms with Crippen LogP contribution in [0.3, 0.4) is 0 Å². The lowest BCUT2D eigenvalue weighted by Crippen LogP contribution is -2.14. The molecule has 5 nitrogen and oxygen atoms in total. The standard InChI is InChI=1S/C23H20ClN3O2/c1-2-29-16-10-8-15(9-11-16)21(27-20-7-3-4-12-25-20)18-14-19(24)17-6-5-13-26-22(17)23(18)28/h3-14,21,28H,2H2,1H3,(H,25,27)/t21-/m0/s1. The van der Waals surface area contributed by atoms with Crippen LogP contribution in [0.15, 0.2) is 73.1 Å². The third-order valence-electron chi connectivity index (χ3n) is 4.64. The summed E-state index contributed by atoms with van der Waals surface area (Å²) >= 11 is 6.52. The molecule has 0 unspecified atom stereocenters. The highest BCUT2D eigenvalue weighted by molar-refractivity contribution is 6.35. The van der Waals surface area contributed by atoms with E-state index in [1.807, 2.05) is 55.5 Å². The number of nitrogens with one attached hydrogen (secondary N) is 1. The fourth-order valence-corrected chi connectivity index (χ4v) is 3.56. The number of ether oxygens (including phenoxy) is 1. The van der Waals surface area contributed by atoms with Gasteiger partial charge in [0, 0.05) is 23.3 Å². The van der Waals surface area contributed by atoms with Crippen LogP contribution < -0.4 is 10.1 Å². The highest BCUT2D eigenvalue weighted by Crippen LogP contribution is 2.39. The molecular formula is C23H20ClN3O2. The molecule has 0 saturated heterocycles. The number of rotatable bonds is 6. The summed E-state index contributed by atoms with van der Waals surface area (Å²) in [6.45, 7) is 2.54. The highest BCUT2D eigenvalue weighted by Gasteiger charge is 2.22. The SMILES string of the molecule is CCOc1ccc([C@H](Nc2ccccn2)c2cc(Cl)c3cccnc3c2O)cc1. The quantitative estimate of drug-likeness (QED) is 0.437. The second kappa shape index (κ2) is 8.37. The van der Waals surface area contributed by atoms with Gasteiger partial charge in [0.2, 0.25) is 0 Å². The first-order chi connectivity index (χ1) is 14.2. The van der Waals surface area contributed by atoms with E-state index >= 15 is 0 Å². The van der Waals surface area contributed by atoms with Gasteiger partial charge in [-0.25, -0.2) is 4.98 Å². The van der Waals surface area contributed by atoms with Crippen molar-refractivity contribution in [2.75, 3.05) is 11.9 Å². The minimum absolute atomic E-state index is 0.0901. The van der Waals surface area contributed by atoms with Crippen molar-refractivity contribution in [1.82, 2.24) is 9.97 Å². The van der Waals surface area contributed by atoms with Gasteiger partial charge in [-0.3, -0.25) is 4.98 Å². The van der Waals surface area contributed by atoms with Crippen LogP contribution in [-0.2, 0) is 0 Å². The number of benzene rings is 2. The molecule has 146 valence electrons. The van der Waals surface area contributed by atoms with Crippen molar-refractivity contribution in [3.05, 3.63) is 89.2 Å². The van der Waals surface area contributed by atoms with Crippen LogP contribution in [0.25, 0.3) is 10.9 Å². The lowest BCUT2D eigenvalue weighted by Gasteiger charge is -2.22. The first-order valence-corrected chi connectivity index (χ1v) is 9.71. The Morgan fingerprint density at radius 2 is 1.83 bits per heavy atom. The van der Waals surface area contributed by atoms with Crippen LogP contribution in [0.4, 0.5) is 5.82 Å². The number of nitrogens with zero attached hydrogens (tertiary/aromatic N) is 2. The number of phenols is 1. The highest BCUT2D eigenvalue weighted by atomic mass is 35.5. The monoisotopic (exact) mass is 405 g/mol. The Hall–Kier alpha value is -3.31. The molecule has 2 aromatic heterocycles. The van der Waals surface area contributed by atoms with Gasteiger partial charge in [-0.05, 0) is 55.0 Å². The Morgan fingerprint density at radius 3 is 2.55 bits per heavy atom. The Balaban J connectivity index is 1.84. The minimum atomic E-state index is -0.385. The second-order valence-electron chi connectivity index (χ2n) is 6.49. The molecule has 4 rings (SSSR count). The molecule has 0 saturated carbocycles.